The first-order valence-corrected chi connectivity index (χ1v) is 11.1. The Balaban J connectivity index is 1.55. The number of nitrogens with two attached hydrogens (primary N) is 1. The molecule has 170 valence electrons. The third kappa shape index (κ3) is 4.13. The van der Waals surface area contributed by atoms with Crippen LogP contribution in [0.25, 0.3) is 11.4 Å². The molecule has 5 rings (SSSR count). The fraction of sp³-hybridized carbons (Fsp3) is 0.115. The predicted octanol–water partition coefficient (Wildman–Crippen LogP) is 4.95. The fourth-order valence-electron chi connectivity index (χ4n) is 4.05. The van der Waals surface area contributed by atoms with E-state index in [0.29, 0.717) is 46.0 Å². The van der Waals surface area contributed by atoms with Crippen LogP contribution < -0.4 is 15.8 Å². The van der Waals surface area contributed by atoms with Crippen molar-refractivity contribution < 1.29 is 9.53 Å². The molecule has 0 bridgehead atoms. The highest BCUT2D eigenvalue weighted by Gasteiger charge is 2.33. The molecular weight excluding hydrogens is 450 g/mol. The van der Waals surface area contributed by atoms with Crippen LogP contribution in [-0.4, -0.2) is 20.7 Å². The largest absolute Gasteiger partial charge is 0.489 e. The molecule has 0 radical (unpaired) electrons. The second kappa shape index (κ2) is 9.03. The smallest absolute Gasteiger partial charge is 0.248 e. The van der Waals surface area contributed by atoms with Gasteiger partial charge in [0.05, 0.1) is 10.6 Å². The van der Waals surface area contributed by atoms with Crippen LogP contribution in [0.5, 0.6) is 5.75 Å². The van der Waals surface area contributed by atoms with Crippen molar-refractivity contribution in [2.45, 2.75) is 19.6 Å². The Bertz CT molecular complexity index is 1400. The minimum absolute atomic E-state index is 0.406. The number of hydrogen-bond donors (Lipinski definition) is 2. The number of benzene rings is 3. The lowest BCUT2D eigenvalue weighted by molar-refractivity contribution is -0.115. The summed E-state index contributed by atoms with van der Waals surface area (Å²) in [4.78, 5) is 17.1. The molecule has 1 amide bonds. The van der Waals surface area contributed by atoms with Gasteiger partial charge >= 0.3 is 0 Å². The number of carbonyl (C=O) groups is 1. The Morgan fingerprint density at radius 2 is 1.85 bits per heavy atom. The first kappa shape index (κ1) is 21.7. The number of hydrogen-bond acceptors (Lipinski definition) is 5. The molecule has 0 spiro atoms. The van der Waals surface area contributed by atoms with Crippen LogP contribution in [0.2, 0.25) is 5.02 Å². The van der Waals surface area contributed by atoms with Gasteiger partial charge in [0.25, 0.3) is 0 Å². The van der Waals surface area contributed by atoms with E-state index in [0.717, 1.165) is 11.1 Å². The molecule has 0 unspecified atom stereocenters. The maximum absolute atomic E-state index is 12.5. The zero-order chi connectivity index (χ0) is 23.7. The van der Waals surface area contributed by atoms with Crippen LogP contribution in [0.4, 0.5) is 5.95 Å². The van der Waals surface area contributed by atoms with Gasteiger partial charge in [0.2, 0.25) is 11.9 Å². The van der Waals surface area contributed by atoms with E-state index in [4.69, 9.17) is 27.2 Å². The van der Waals surface area contributed by atoms with Gasteiger partial charge < -0.3 is 15.8 Å². The van der Waals surface area contributed by atoms with Crippen LogP contribution in [0, 0.1) is 0 Å². The van der Waals surface area contributed by atoms with Gasteiger partial charge in [-0.15, -0.1) is 5.10 Å². The van der Waals surface area contributed by atoms with E-state index in [9.17, 15) is 4.79 Å². The van der Waals surface area contributed by atoms with E-state index in [1.807, 2.05) is 72.8 Å². The van der Waals surface area contributed by atoms with Gasteiger partial charge in [-0.1, -0.05) is 66.2 Å². The number of allylic oxidation sites excluding steroid dienone is 1. The third-order valence-electron chi connectivity index (χ3n) is 5.65. The van der Waals surface area contributed by atoms with Gasteiger partial charge in [-0.25, -0.2) is 4.68 Å². The normalized spacial score (nSPS) is 14.9. The van der Waals surface area contributed by atoms with Crippen LogP contribution in [0.15, 0.2) is 90.1 Å². The molecule has 0 aliphatic carbocycles. The van der Waals surface area contributed by atoms with Gasteiger partial charge in [0, 0.05) is 11.3 Å². The average Bonchev–Trinajstić information content (AvgIpc) is 3.26. The number of amides is 1. The maximum atomic E-state index is 12.5. The van der Waals surface area contributed by atoms with Crippen molar-refractivity contribution in [1.29, 1.82) is 0 Å². The van der Waals surface area contributed by atoms with Crippen molar-refractivity contribution in [3.05, 3.63) is 106 Å². The summed E-state index contributed by atoms with van der Waals surface area (Å²) in [5, 5.41) is 8.40. The number of fused-ring (bicyclic) bond motifs is 1. The lowest BCUT2D eigenvalue weighted by Gasteiger charge is -2.27. The first-order chi connectivity index (χ1) is 16.5. The van der Waals surface area contributed by atoms with Crippen molar-refractivity contribution in [3.63, 3.8) is 0 Å². The molecule has 34 heavy (non-hydrogen) atoms. The van der Waals surface area contributed by atoms with Gasteiger partial charge in [0.1, 0.15) is 18.4 Å². The molecular formula is C26H22ClN5O2. The van der Waals surface area contributed by atoms with E-state index in [2.05, 4.69) is 10.3 Å². The van der Waals surface area contributed by atoms with Gasteiger partial charge in [0.15, 0.2) is 5.82 Å². The maximum Gasteiger partial charge on any atom is 0.248 e. The molecule has 7 nitrogen and oxygen atoms in total. The second-order valence-electron chi connectivity index (χ2n) is 7.96. The topological polar surface area (TPSA) is 95.1 Å². The number of anilines is 1. The van der Waals surface area contributed by atoms with Crippen LogP contribution in [-0.2, 0) is 11.4 Å². The minimum atomic E-state index is -0.572. The highest BCUT2D eigenvalue weighted by atomic mass is 35.5. The minimum Gasteiger partial charge on any atom is -0.489 e. The SMILES string of the molecule is CC1=C(C(N)=O)[C@H](c2cccc(OCc3ccccc3)c2)n2nc(-c3ccccc3Cl)nc2N1. The van der Waals surface area contributed by atoms with Crippen molar-refractivity contribution in [2.75, 3.05) is 5.32 Å². The summed E-state index contributed by atoms with van der Waals surface area (Å²) in [7, 11) is 0. The van der Waals surface area contributed by atoms with Crippen LogP contribution in [0.3, 0.4) is 0 Å². The molecule has 2 heterocycles. The highest BCUT2D eigenvalue weighted by Crippen LogP contribution is 2.37. The third-order valence-corrected chi connectivity index (χ3v) is 5.98. The average molecular weight is 472 g/mol. The number of primary amides is 1. The van der Waals surface area contributed by atoms with Crippen molar-refractivity contribution in [3.8, 4) is 17.1 Å². The number of aromatic nitrogens is 3. The Morgan fingerprint density at radius 1 is 1.09 bits per heavy atom. The molecule has 4 aromatic rings. The summed E-state index contributed by atoms with van der Waals surface area (Å²) < 4.78 is 7.68. The molecule has 1 aliphatic heterocycles. The summed E-state index contributed by atoms with van der Waals surface area (Å²) in [5.41, 5.74) is 9.40. The molecule has 1 atom stereocenters. The fourth-order valence-corrected chi connectivity index (χ4v) is 4.27. The predicted molar refractivity (Wildman–Crippen MR) is 131 cm³/mol. The van der Waals surface area contributed by atoms with Crippen molar-refractivity contribution in [1.82, 2.24) is 14.8 Å². The van der Waals surface area contributed by atoms with E-state index in [1.54, 1.807) is 17.7 Å². The number of ether oxygens (including phenoxy) is 1. The number of halogens is 1. The molecule has 1 aromatic heterocycles. The summed E-state index contributed by atoms with van der Waals surface area (Å²) >= 11 is 6.38. The Hall–Kier alpha value is -4.10. The van der Waals surface area contributed by atoms with E-state index < -0.39 is 11.9 Å². The Morgan fingerprint density at radius 3 is 2.62 bits per heavy atom. The lowest BCUT2D eigenvalue weighted by Crippen LogP contribution is -2.31. The Labute approximate surface area is 201 Å². The first-order valence-electron chi connectivity index (χ1n) is 10.8. The van der Waals surface area contributed by atoms with Gasteiger partial charge in [-0.2, -0.15) is 4.98 Å². The molecule has 3 N–H and O–H groups in total. The summed E-state index contributed by atoms with van der Waals surface area (Å²) in [6.07, 6.45) is 0. The summed E-state index contributed by atoms with van der Waals surface area (Å²) in [5.74, 6) is 1.09. The number of rotatable bonds is 6. The van der Waals surface area contributed by atoms with E-state index in [-0.39, 0.29) is 0 Å². The van der Waals surface area contributed by atoms with Crippen LogP contribution in [0.1, 0.15) is 24.1 Å². The summed E-state index contributed by atoms with van der Waals surface area (Å²) in [6.45, 7) is 2.23. The molecule has 0 saturated heterocycles. The molecule has 8 heteroatoms. The highest BCUT2D eigenvalue weighted by molar-refractivity contribution is 6.33. The van der Waals surface area contributed by atoms with E-state index >= 15 is 0 Å². The quantitative estimate of drug-likeness (QED) is 0.414. The zero-order valence-corrected chi connectivity index (χ0v) is 19.2. The molecule has 1 aliphatic rings. The summed E-state index contributed by atoms with van der Waals surface area (Å²) in [6, 6.07) is 24.3. The zero-order valence-electron chi connectivity index (χ0n) is 18.4. The molecule has 0 fully saturated rings. The van der Waals surface area contributed by atoms with Gasteiger partial charge in [-0.3, -0.25) is 4.79 Å². The standard InChI is InChI=1S/C26H22ClN5O2/c1-16-22(24(28)33)23(18-10-7-11-19(14-18)34-15-17-8-3-2-4-9-17)32-26(29-16)30-25(31-32)20-12-5-6-13-21(20)27/h2-14,23H,15H2,1H3,(H2,28,33)(H,29,30,31)/t23-/m0/s1. The Kier molecular flexibility index (Phi) is 5.77. The van der Waals surface area contributed by atoms with E-state index in [1.165, 1.54) is 0 Å². The number of carbonyl (C=O) groups excluding carboxylic acids is 1. The monoisotopic (exact) mass is 471 g/mol. The van der Waals surface area contributed by atoms with Crippen molar-refractivity contribution in [2.24, 2.45) is 5.73 Å². The number of nitrogens with one attached hydrogen (secondary N) is 1. The van der Waals surface area contributed by atoms with Gasteiger partial charge in [-0.05, 0) is 42.3 Å². The van der Waals surface area contributed by atoms with Crippen LogP contribution >= 0.6 is 11.6 Å². The second-order valence-corrected chi connectivity index (χ2v) is 8.37. The molecule has 3 aromatic carbocycles. The van der Waals surface area contributed by atoms with Crippen molar-refractivity contribution >= 4 is 23.5 Å². The molecule has 0 saturated carbocycles. The number of nitrogens with zero attached hydrogens (tertiary/aromatic N) is 3. The lowest BCUT2D eigenvalue weighted by atomic mass is 9.95.